The summed E-state index contributed by atoms with van der Waals surface area (Å²) in [6.45, 7) is 8.86. The number of morpholine rings is 1. The molecule has 2 saturated heterocycles. The molecule has 4 heteroatoms. The summed E-state index contributed by atoms with van der Waals surface area (Å²) < 4.78 is 5.35. The molecule has 0 aromatic heterocycles. The van der Waals surface area contributed by atoms with Gasteiger partial charge in [-0.05, 0) is 50.6 Å². The fourth-order valence-electron chi connectivity index (χ4n) is 4.71. The van der Waals surface area contributed by atoms with Crippen molar-refractivity contribution in [3.05, 3.63) is 0 Å². The number of likely N-dealkylation sites (tertiary alicyclic amines) is 1. The Balaban J connectivity index is 1.40. The maximum Gasteiger partial charge on any atom is 0.225 e. The monoisotopic (exact) mass is 322 g/mol. The number of nitrogens with zero attached hydrogens (tertiary/aromatic N) is 2. The molecule has 2 unspecified atom stereocenters. The second kappa shape index (κ2) is 8.48. The van der Waals surface area contributed by atoms with Crippen LogP contribution < -0.4 is 0 Å². The van der Waals surface area contributed by atoms with Crippen molar-refractivity contribution < 1.29 is 9.53 Å². The van der Waals surface area contributed by atoms with E-state index in [2.05, 4.69) is 11.8 Å². The highest BCUT2D eigenvalue weighted by atomic mass is 16.5. The van der Waals surface area contributed by atoms with Crippen LogP contribution in [-0.2, 0) is 9.53 Å². The van der Waals surface area contributed by atoms with E-state index < -0.39 is 0 Å². The molecular formula is C19H34N2O2. The lowest BCUT2D eigenvalue weighted by Gasteiger charge is -2.38. The molecule has 1 aliphatic carbocycles. The molecule has 0 spiro atoms. The van der Waals surface area contributed by atoms with Crippen LogP contribution in [0.3, 0.4) is 0 Å². The molecule has 3 fully saturated rings. The van der Waals surface area contributed by atoms with Crippen LogP contribution >= 0.6 is 0 Å². The average molecular weight is 322 g/mol. The van der Waals surface area contributed by atoms with Gasteiger partial charge in [0.25, 0.3) is 0 Å². The number of piperidine rings is 1. The zero-order chi connectivity index (χ0) is 16.1. The Labute approximate surface area is 141 Å². The van der Waals surface area contributed by atoms with Crippen LogP contribution in [0.4, 0.5) is 0 Å². The number of hydrogen-bond donors (Lipinski definition) is 0. The van der Waals surface area contributed by atoms with Gasteiger partial charge in [-0.1, -0.05) is 26.2 Å². The Hall–Kier alpha value is -0.610. The molecule has 2 atom stereocenters. The molecule has 3 aliphatic rings. The molecule has 2 aliphatic heterocycles. The third-order valence-electron chi connectivity index (χ3n) is 6.24. The van der Waals surface area contributed by atoms with Crippen molar-refractivity contribution in [3.63, 3.8) is 0 Å². The SMILES string of the molecule is CCC1CCCC(CN2CCC(C(=O)N3CCOCC3)CC2)C1. The second-order valence-corrected chi connectivity index (χ2v) is 7.82. The quantitative estimate of drug-likeness (QED) is 0.798. The summed E-state index contributed by atoms with van der Waals surface area (Å²) in [5, 5.41) is 0. The van der Waals surface area contributed by atoms with Crippen LogP contribution in [0.5, 0.6) is 0 Å². The molecule has 0 aromatic carbocycles. The van der Waals surface area contributed by atoms with Crippen molar-refractivity contribution in [2.45, 2.75) is 51.9 Å². The van der Waals surface area contributed by atoms with Crippen molar-refractivity contribution >= 4 is 5.91 Å². The van der Waals surface area contributed by atoms with Crippen molar-refractivity contribution in [1.29, 1.82) is 0 Å². The van der Waals surface area contributed by atoms with Gasteiger partial charge in [0.1, 0.15) is 0 Å². The Morgan fingerprint density at radius 2 is 1.70 bits per heavy atom. The minimum atomic E-state index is 0.263. The van der Waals surface area contributed by atoms with Gasteiger partial charge in [0.15, 0.2) is 0 Å². The maximum absolute atomic E-state index is 12.6. The first-order valence-electron chi connectivity index (χ1n) is 9.85. The second-order valence-electron chi connectivity index (χ2n) is 7.82. The molecule has 0 aromatic rings. The van der Waals surface area contributed by atoms with E-state index in [1.807, 2.05) is 4.90 Å². The lowest BCUT2D eigenvalue weighted by molar-refractivity contribution is -0.141. The lowest BCUT2D eigenvalue weighted by atomic mass is 9.79. The topological polar surface area (TPSA) is 32.8 Å². The molecule has 0 radical (unpaired) electrons. The summed E-state index contributed by atoms with van der Waals surface area (Å²) in [5.41, 5.74) is 0. The highest BCUT2D eigenvalue weighted by Crippen LogP contribution is 2.32. The third kappa shape index (κ3) is 4.69. The molecule has 4 nitrogen and oxygen atoms in total. The fraction of sp³-hybridized carbons (Fsp3) is 0.947. The van der Waals surface area contributed by atoms with Crippen LogP contribution in [-0.4, -0.2) is 61.6 Å². The predicted octanol–water partition coefficient (Wildman–Crippen LogP) is 2.77. The number of carbonyl (C=O) groups excluding carboxylic acids is 1. The van der Waals surface area contributed by atoms with Crippen LogP contribution in [0.2, 0.25) is 0 Å². The average Bonchev–Trinajstić information content (AvgIpc) is 2.63. The molecule has 2 heterocycles. The Bertz CT molecular complexity index is 374. The minimum Gasteiger partial charge on any atom is -0.378 e. The van der Waals surface area contributed by atoms with E-state index >= 15 is 0 Å². The molecular weight excluding hydrogens is 288 g/mol. The van der Waals surface area contributed by atoms with Gasteiger partial charge in [-0.25, -0.2) is 0 Å². The first-order chi connectivity index (χ1) is 11.3. The van der Waals surface area contributed by atoms with Crippen LogP contribution in [0.25, 0.3) is 0 Å². The van der Waals surface area contributed by atoms with Gasteiger partial charge in [0, 0.05) is 25.6 Å². The number of hydrogen-bond acceptors (Lipinski definition) is 3. The van der Waals surface area contributed by atoms with Gasteiger partial charge in [-0.2, -0.15) is 0 Å². The summed E-state index contributed by atoms with van der Waals surface area (Å²) >= 11 is 0. The van der Waals surface area contributed by atoms with Gasteiger partial charge >= 0.3 is 0 Å². The van der Waals surface area contributed by atoms with E-state index in [1.165, 1.54) is 38.6 Å². The highest BCUT2D eigenvalue weighted by Gasteiger charge is 2.30. The summed E-state index contributed by atoms with van der Waals surface area (Å²) in [4.78, 5) is 17.2. The summed E-state index contributed by atoms with van der Waals surface area (Å²) in [6, 6.07) is 0. The van der Waals surface area contributed by atoms with Crippen molar-refractivity contribution in [2.24, 2.45) is 17.8 Å². The van der Waals surface area contributed by atoms with Crippen molar-refractivity contribution in [1.82, 2.24) is 9.80 Å². The molecule has 3 rings (SSSR count). The van der Waals surface area contributed by atoms with E-state index in [-0.39, 0.29) is 5.92 Å². The van der Waals surface area contributed by atoms with Crippen molar-refractivity contribution in [2.75, 3.05) is 45.9 Å². The first-order valence-corrected chi connectivity index (χ1v) is 9.85. The molecule has 1 amide bonds. The fourth-order valence-corrected chi connectivity index (χ4v) is 4.71. The lowest BCUT2D eigenvalue weighted by Crippen LogP contribution is -2.47. The predicted molar refractivity (Wildman–Crippen MR) is 92.3 cm³/mol. The normalized spacial score (nSPS) is 31.3. The molecule has 132 valence electrons. The number of rotatable bonds is 4. The smallest absolute Gasteiger partial charge is 0.225 e. The standard InChI is InChI=1S/C19H34N2O2/c1-2-16-4-3-5-17(14-16)15-20-8-6-18(7-9-20)19(22)21-10-12-23-13-11-21/h16-18H,2-15H2,1H3. The molecule has 23 heavy (non-hydrogen) atoms. The summed E-state index contributed by atoms with van der Waals surface area (Å²) in [5.74, 6) is 2.52. The Morgan fingerprint density at radius 1 is 1.00 bits per heavy atom. The number of carbonyl (C=O) groups is 1. The van der Waals surface area contributed by atoms with Crippen LogP contribution in [0.15, 0.2) is 0 Å². The van der Waals surface area contributed by atoms with E-state index in [0.29, 0.717) is 19.1 Å². The van der Waals surface area contributed by atoms with Gasteiger partial charge in [0.2, 0.25) is 5.91 Å². The minimum absolute atomic E-state index is 0.263. The molecule has 0 bridgehead atoms. The van der Waals surface area contributed by atoms with Gasteiger partial charge < -0.3 is 14.5 Å². The van der Waals surface area contributed by atoms with E-state index in [9.17, 15) is 4.79 Å². The largest absolute Gasteiger partial charge is 0.378 e. The Kier molecular flexibility index (Phi) is 6.35. The zero-order valence-electron chi connectivity index (χ0n) is 14.8. The van der Waals surface area contributed by atoms with E-state index in [4.69, 9.17) is 4.74 Å². The number of ether oxygens (including phenoxy) is 1. The van der Waals surface area contributed by atoms with Crippen LogP contribution in [0.1, 0.15) is 51.9 Å². The number of amides is 1. The van der Waals surface area contributed by atoms with Crippen LogP contribution in [0, 0.1) is 17.8 Å². The highest BCUT2D eigenvalue weighted by molar-refractivity contribution is 5.79. The molecule has 1 saturated carbocycles. The van der Waals surface area contributed by atoms with Gasteiger partial charge in [-0.3, -0.25) is 4.79 Å². The maximum atomic E-state index is 12.6. The first kappa shape index (κ1) is 17.2. The van der Waals surface area contributed by atoms with Crippen molar-refractivity contribution in [3.8, 4) is 0 Å². The van der Waals surface area contributed by atoms with Gasteiger partial charge in [-0.15, -0.1) is 0 Å². The van der Waals surface area contributed by atoms with E-state index in [0.717, 1.165) is 50.9 Å². The summed E-state index contributed by atoms with van der Waals surface area (Å²) in [6.07, 6.45) is 9.19. The third-order valence-corrected chi connectivity index (χ3v) is 6.24. The van der Waals surface area contributed by atoms with Gasteiger partial charge in [0.05, 0.1) is 13.2 Å². The Morgan fingerprint density at radius 3 is 2.39 bits per heavy atom. The molecule has 0 N–H and O–H groups in total. The zero-order valence-corrected chi connectivity index (χ0v) is 14.8. The summed E-state index contributed by atoms with van der Waals surface area (Å²) in [7, 11) is 0. The van der Waals surface area contributed by atoms with E-state index in [1.54, 1.807) is 0 Å².